The summed E-state index contributed by atoms with van der Waals surface area (Å²) in [6.45, 7) is 4.20. The number of nitrogens with one attached hydrogen (secondary N) is 2. The number of amides is 2. The fourth-order valence-electron chi connectivity index (χ4n) is 3.60. The first-order valence-electron chi connectivity index (χ1n) is 9.92. The Balaban J connectivity index is 1.36. The number of piperazine rings is 1. The van der Waals surface area contributed by atoms with Crippen molar-refractivity contribution in [2.75, 3.05) is 31.5 Å². The average molecular weight is 391 g/mol. The lowest BCUT2D eigenvalue weighted by atomic mass is 10.1. The van der Waals surface area contributed by atoms with Gasteiger partial charge in [0.15, 0.2) is 0 Å². The number of hydrogen-bond acceptors (Lipinski definition) is 5. The molecule has 1 saturated heterocycles. The molecule has 0 bridgehead atoms. The van der Waals surface area contributed by atoms with Gasteiger partial charge >= 0.3 is 0 Å². The van der Waals surface area contributed by atoms with Gasteiger partial charge < -0.3 is 10.2 Å². The first kappa shape index (κ1) is 19.1. The van der Waals surface area contributed by atoms with E-state index in [9.17, 15) is 9.59 Å². The fraction of sp³-hybridized carbons (Fsp3) is 0.318. The molecule has 0 radical (unpaired) electrons. The van der Waals surface area contributed by atoms with Gasteiger partial charge in [0, 0.05) is 38.4 Å². The van der Waals surface area contributed by atoms with Gasteiger partial charge in [-0.25, -0.2) is 4.99 Å². The van der Waals surface area contributed by atoms with Crippen molar-refractivity contribution in [1.29, 1.82) is 0 Å². The predicted molar refractivity (Wildman–Crippen MR) is 112 cm³/mol. The molecule has 150 valence electrons. The van der Waals surface area contributed by atoms with Crippen LogP contribution < -0.4 is 10.6 Å². The normalized spacial score (nSPS) is 20.0. The summed E-state index contributed by atoms with van der Waals surface area (Å²) in [7, 11) is 0. The van der Waals surface area contributed by atoms with Crippen molar-refractivity contribution in [3.8, 4) is 0 Å². The smallest absolute Gasteiger partial charge is 0.249 e. The summed E-state index contributed by atoms with van der Waals surface area (Å²) < 4.78 is 0. The summed E-state index contributed by atoms with van der Waals surface area (Å²) >= 11 is 0. The second kappa shape index (κ2) is 8.87. The molecule has 0 aromatic heterocycles. The van der Waals surface area contributed by atoms with Gasteiger partial charge in [-0.15, -0.1) is 0 Å². The Morgan fingerprint density at radius 2 is 1.66 bits per heavy atom. The largest absolute Gasteiger partial charge is 0.340 e. The minimum absolute atomic E-state index is 0.0656. The van der Waals surface area contributed by atoms with Gasteiger partial charge in [0.05, 0.1) is 6.42 Å². The summed E-state index contributed by atoms with van der Waals surface area (Å²) in [5.74, 6) is 0.0787. The first-order valence-corrected chi connectivity index (χ1v) is 9.92. The Hall–Kier alpha value is -3.19. The van der Waals surface area contributed by atoms with Crippen molar-refractivity contribution in [2.24, 2.45) is 4.99 Å². The molecule has 0 aliphatic carbocycles. The van der Waals surface area contributed by atoms with E-state index in [4.69, 9.17) is 0 Å². The standard InChI is InChI=1S/C22H25N5O2/c28-20-15-19(21(29)23-18-9-5-2-6-10-18)24-22(25-20)27-13-11-26(12-14-27)16-17-7-3-1-4-8-17/h1-10,19H,11-16H2,(H,23,29)(H,24,25,28). The van der Waals surface area contributed by atoms with Gasteiger partial charge in [-0.2, -0.15) is 0 Å². The van der Waals surface area contributed by atoms with Gasteiger partial charge in [0.1, 0.15) is 6.04 Å². The molecule has 2 N–H and O–H groups in total. The summed E-state index contributed by atoms with van der Waals surface area (Å²) in [6.07, 6.45) is 0.0656. The Morgan fingerprint density at radius 3 is 2.34 bits per heavy atom. The van der Waals surface area contributed by atoms with Gasteiger partial charge in [0.2, 0.25) is 17.8 Å². The SMILES string of the molecule is O=C1CC(C(=O)Nc2ccccc2)N=C(N2CCN(Cc3ccccc3)CC2)N1. The zero-order valence-electron chi connectivity index (χ0n) is 16.3. The monoisotopic (exact) mass is 391 g/mol. The van der Waals surface area contributed by atoms with Crippen LogP contribution in [0.15, 0.2) is 65.7 Å². The van der Waals surface area contributed by atoms with E-state index in [0.29, 0.717) is 11.6 Å². The molecule has 2 amide bonds. The van der Waals surface area contributed by atoms with Crippen LogP contribution in [0.5, 0.6) is 0 Å². The number of aliphatic imine (C=N–C) groups is 1. The quantitative estimate of drug-likeness (QED) is 0.832. The van der Waals surface area contributed by atoms with Crippen molar-refractivity contribution in [3.63, 3.8) is 0 Å². The van der Waals surface area contributed by atoms with Crippen LogP contribution in [-0.2, 0) is 16.1 Å². The van der Waals surface area contributed by atoms with Gasteiger partial charge in [-0.3, -0.25) is 19.8 Å². The van der Waals surface area contributed by atoms with E-state index in [1.807, 2.05) is 36.4 Å². The molecule has 7 heteroatoms. The molecule has 2 heterocycles. The van der Waals surface area contributed by atoms with E-state index in [1.54, 1.807) is 0 Å². The van der Waals surface area contributed by atoms with Crippen LogP contribution in [0.25, 0.3) is 0 Å². The van der Waals surface area contributed by atoms with Gasteiger partial charge in [-0.1, -0.05) is 48.5 Å². The van der Waals surface area contributed by atoms with Crippen LogP contribution >= 0.6 is 0 Å². The zero-order chi connectivity index (χ0) is 20.1. The third-order valence-corrected chi connectivity index (χ3v) is 5.17. The van der Waals surface area contributed by atoms with E-state index in [2.05, 4.69) is 49.7 Å². The van der Waals surface area contributed by atoms with E-state index in [-0.39, 0.29) is 18.2 Å². The number of benzene rings is 2. The van der Waals surface area contributed by atoms with Crippen molar-refractivity contribution < 1.29 is 9.59 Å². The molecule has 0 saturated carbocycles. The average Bonchev–Trinajstić information content (AvgIpc) is 2.75. The third-order valence-electron chi connectivity index (χ3n) is 5.17. The molecule has 1 fully saturated rings. The molecular weight excluding hydrogens is 366 g/mol. The second-order valence-corrected chi connectivity index (χ2v) is 7.32. The molecule has 2 aromatic rings. The summed E-state index contributed by atoms with van der Waals surface area (Å²) in [6, 6.07) is 18.9. The molecule has 4 rings (SSSR count). The number of carbonyl (C=O) groups excluding carboxylic acids is 2. The summed E-state index contributed by atoms with van der Waals surface area (Å²) in [4.78, 5) is 33.7. The van der Waals surface area contributed by atoms with Crippen LogP contribution in [0.2, 0.25) is 0 Å². The number of hydrogen-bond donors (Lipinski definition) is 2. The molecular formula is C22H25N5O2. The van der Waals surface area contributed by atoms with Crippen LogP contribution in [0, 0.1) is 0 Å². The molecule has 1 unspecified atom stereocenters. The maximum absolute atomic E-state index is 12.6. The first-order chi connectivity index (χ1) is 14.2. The summed E-state index contributed by atoms with van der Waals surface area (Å²) in [5, 5.41) is 5.68. The van der Waals surface area contributed by atoms with E-state index in [0.717, 1.165) is 32.7 Å². The Bertz CT molecular complexity index is 877. The van der Waals surface area contributed by atoms with E-state index in [1.165, 1.54) is 5.56 Å². The van der Waals surface area contributed by atoms with Crippen molar-refractivity contribution in [1.82, 2.24) is 15.1 Å². The van der Waals surface area contributed by atoms with Gasteiger partial charge in [0.25, 0.3) is 0 Å². The maximum Gasteiger partial charge on any atom is 0.249 e. The van der Waals surface area contributed by atoms with E-state index < -0.39 is 6.04 Å². The number of para-hydroxylation sites is 1. The van der Waals surface area contributed by atoms with Crippen molar-refractivity contribution in [3.05, 3.63) is 66.2 Å². The lowest BCUT2D eigenvalue weighted by Crippen LogP contribution is -2.56. The topological polar surface area (TPSA) is 77.0 Å². The predicted octanol–water partition coefficient (Wildman–Crippen LogP) is 1.69. The number of nitrogens with zero attached hydrogens (tertiary/aromatic N) is 3. The molecule has 29 heavy (non-hydrogen) atoms. The lowest BCUT2D eigenvalue weighted by molar-refractivity contribution is -0.125. The molecule has 0 spiro atoms. The highest BCUT2D eigenvalue weighted by atomic mass is 16.2. The highest BCUT2D eigenvalue weighted by Gasteiger charge is 2.30. The number of rotatable bonds is 4. The Morgan fingerprint density at radius 1 is 1.00 bits per heavy atom. The van der Waals surface area contributed by atoms with E-state index >= 15 is 0 Å². The minimum Gasteiger partial charge on any atom is -0.340 e. The Kier molecular flexibility index (Phi) is 5.86. The van der Waals surface area contributed by atoms with Crippen LogP contribution in [0.3, 0.4) is 0 Å². The lowest BCUT2D eigenvalue weighted by Gasteiger charge is -2.37. The van der Waals surface area contributed by atoms with Crippen molar-refractivity contribution in [2.45, 2.75) is 19.0 Å². The molecule has 7 nitrogen and oxygen atoms in total. The number of anilines is 1. The van der Waals surface area contributed by atoms with Crippen LogP contribution in [0.4, 0.5) is 5.69 Å². The zero-order valence-corrected chi connectivity index (χ0v) is 16.3. The maximum atomic E-state index is 12.6. The summed E-state index contributed by atoms with van der Waals surface area (Å²) in [5.41, 5.74) is 2.00. The third kappa shape index (κ3) is 5.00. The van der Waals surface area contributed by atoms with Crippen LogP contribution in [-0.4, -0.2) is 59.8 Å². The fourth-order valence-corrected chi connectivity index (χ4v) is 3.60. The number of carbonyl (C=O) groups is 2. The molecule has 2 aromatic carbocycles. The highest BCUT2D eigenvalue weighted by molar-refractivity contribution is 6.05. The van der Waals surface area contributed by atoms with Crippen molar-refractivity contribution >= 4 is 23.5 Å². The Labute approximate surface area is 170 Å². The van der Waals surface area contributed by atoms with Crippen LogP contribution in [0.1, 0.15) is 12.0 Å². The second-order valence-electron chi connectivity index (χ2n) is 7.32. The molecule has 2 aliphatic heterocycles. The minimum atomic E-state index is -0.707. The molecule has 2 aliphatic rings. The van der Waals surface area contributed by atoms with Gasteiger partial charge in [-0.05, 0) is 17.7 Å². The highest BCUT2D eigenvalue weighted by Crippen LogP contribution is 2.14. The number of guanidine groups is 1. The molecule has 1 atom stereocenters.